The molecule has 1 aromatic carbocycles. The predicted octanol–water partition coefficient (Wildman–Crippen LogP) is 2.91. The van der Waals surface area contributed by atoms with Gasteiger partial charge in [-0.25, -0.2) is 9.78 Å². The lowest BCUT2D eigenvalue weighted by Gasteiger charge is -2.16. The van der Waals surface area contributed by atoms with Crippen LogP contribution in [0.1, 0.15) is 57.8 Å². The normalized spacial score (nSPS) is 11.6. The number of aromatic nitrogens is 4. The zero-order valence-corrected chi connectivity index (χ0v) is 22.0. The van der Waals surface area contributed by atoms with Gasteiger partial charge in [0.2, 0.25) is 5.91 Å². The van der Waals surface area contributed by atoms with Crippen LogP contribution in [0.25, 0.3) is 11.2 Å². The van der Waals surface area contributed by atoms with Crippen molar-refractivity contribution in [2.24, 2.45) is 5.92 Å². The molecule has 0 aliphatic carbocycles. The Balaban J connectivity index is 1.61. The van der Waals surface area contributed by atoms with Gasteiger partial charge in [0, 0.05) is 39.0 Å². The molecule has 0 saturated heterocycles. The van der Waals surface area contributed by atoms with Gasteiger partial charge in [-0.05, 0) is 37.9 Å². The molecule has 36 heavy (non-hydrogen) atoms. The first-order valence-corrected chi connectivity index (χ1v) is 13.0. The maximum atomic E-state index is 12.7. The van der Waals surface area contributed by atoms with E-state index >= 15 is 0 Å². The fraction of sp³-hybridized carbons (Fsp3) is 0.556. The van der Waals surface area contributed by atoms with Crippen LogP contribution in [0.15, 0.2) is 39.9 Å². The number of benzene rings is 1. The average Bonchev–Trinajstić information content (AvgIpc) is 3.18. The molecule has 0 aliphatic rings. The van der Waals surface area contributed by atoms with Crippen molar-refractivity contribution in [2.45, 2.75) is 72.5 Å². The second-order valence-electron chi connectivity index (χ2n) is 9.90. The van der Waals surface area contributed by atoms with E-state index in [-0.39, 0.29) is 18.2 Å². The molecule has 2 N–H and O–H groups in total. The lowest BCUT2D eigenvalue weighted by atomic mass is 10.2. The number of H-pyrrole nitrogens is 1. The average molecular weight is 497 g/mol. The van der Waals surface area contributed by atoms with E-state index in [0.29, 0.717) is 43.0 Å². The summed E-state index contributed by atoms with van der Waals surface area (Å²) in [5.74, 6) is 0.900. The Morgan fingerprint density at radius 2 is 1.89 bits per heavy atom. The van der Waals surface area contributed by atoms with E-state index in [1.54, 1.807) is 4.57 Å². The van der Waals surface area contributed by atoms with Crippen LogP contribution in [0.5, 0.6) is 0 Å². The summed E-state index contributed by atoms with van der Waals surface area (Å²) in [6.07, 6.45) is 3.28. The monoisotopic (exact) mass is 496 g/mol. The number of aryl methyl sites for hydroxylation is 2. The first-order valence-electron chi connectivity index (χ1n) is 13.0. The zero-order chi connectivity index (χ0) is 26.1. The molecule has 0 unspecified atom stereocenters. The molecular weight excluding hydrogens is 456 g/mol. The van der Waals surface area contributed by atoms with Crippen molar-refractivity contribution in [2.75, 3.05) is 20.1 Å². The number of nitrogens with zero attached hydrogens (tertiary/aromatic N) is 4. The molecule has 2 heterocycles. The lowest BCUT2D eigenvalue weighted by Crippen LogP contribution is -2.31. The van der Waals surface area contributed by atoms with E-state index in [2.05, 4.69) is 55.2 Å². The molecule has 9 nitrogen and oxygen atoms in total. The first-order chi connectivity index (χ1) is 17.3. The van der Waals surface area contributed by atoms with Crippen molar-refractivity contribution >= 4 is 17.1 Å². The maximum absolute atomic E-state index is 12.7. The molecule has 196 valence electrons. The van der Waals surface area contributed by atoms with Crippen molar-refractivity contribution < 1.29 is 4.79 Å². The molecule has 0 fully saturated rings. The third-order valence-corrected chi connectivity index (χ3v) is 6.16. The predicted molar refractivity (Wildman–Crippen MR) is 143 cm³/mol. The van der Waals surface area contributed by atoms with Gasteiger partial charge in [0.05, 0.1) is 0 Å². The number of rotatable bonds is 14. The molecule has 0 saturated carbocycles. The maximum Gasteiger partial charge on any atom is 0.330 e. The zero-order valence-electron chi connectivity index (χ0n) is 22.0. The fourth-order valence-electron chi connectivity index (χ4n) is 4.36. The smallest absolute Gasteiger partial charge is 0.330 e. The summed E-state index contributed by atoms with van der Waals surface area (Å²) in [5.41, 5.74) is 1.24. The van der Waals surface area contributed by atoms with Crippen LogP contribution in [0.3, 0.4) is 0 Å². The van der Waals surface area contributed by atoms with Crippen molar-refractivity contribution in [1.29, 1.82) is 0 Å². The highest BCUT2D eigenvalue weighted by atomic mass is 16.2. The second kappa shape index (κ2) is 13.2. The highest BCUT2D eigenvalue weighted by Crippen LogP contribution is 2.16. The minimum absolute atomic E-state index is 0.0406. The minimum atomic E-state index is -0.434. The van der Waals surface area contributed by atoms with Crippen LogP contribution in [0, 0.1) is 5.92 Å². The molecule has 0 bridgehead atoms. The van der Waals surface area contributed by atoms with E-state index in [1.165, 1.54) is 5.56 Å². The number of unbranched alkanes of at least 4 members (excludes halogenated alkanes) is 1. The topological polar surface area (TPSA) is 105 Å². The minimum Gasteiger partial charge on any atom is -0.356 e. The van der Waals surface area contributed by atoms with E-state index in [4.69, 9.17) is 4.98 Å². The second-order valence-corrected chi connectivity index (χ2v) is 9.90. The summed E-state index contributed by atoms with van der Waals surface area (Å²) in [7, 11) is 2.08. The summed E-state index contributed by atoms with van der Waals surface area (Å²) < 4.78 is 3.43. The van der Waals surface area contributed by atoms with Crippen LogP contribution in [-0.4, -0.2) is 50.0 Å². The summed E-state index contributed by atoms with van der Waals surface area (Å²) in [6, 6.07) is 10.3. The Labute approximate surface area is 212 Å². The number of imidazole rings is 1. The molecule has 0 radical (unpaired) electrons. The van der Waals surface area contributed by atoms with Gasteiger partial charge in [-0.3, -0.25) is 19.1 Å². The lowest BCUT2D eigenvalue weighted by molar-refractivity contribution is -0.121. The number of carbonyl (C=O) groups is 1. The van der Waals surface area contributed by atoms with Crippen LogP contribution in [0.4, 0.5) is 0 Å². The van der Waals surface area contributed by atoms with Gasteiger partial charge in [-0.15, -0.1) is 0 Å². The summed E-state index contributed by atoms with van der Waals surface area (Å²) in [4.78, 5) is 47.1. The molecule has 9 heteroatoms. The number of aromatic amines is 1. The van der Waals surface area contributed by atoms with Crippen molar-refractivity contribution in [3.05, 3.63) is 62.6 Å². The van der Waals surface area contributed by atoms with Crippen molar-refractivity contribution in [1.82, 2.24) is 29.3 Å². The molecule has 0 aliphatic heterocycles. The van der Waals surface area contributed by atoms with E-state index in [1.807, 2.05) is 22.8 Å². The van der Waals surface area contributed by atoms with E-state index in [9.17, 15) is 14.4 Å². The van der Waals surface area contributed by atoms with Crippen LogP contribution >= 0.6 is 0 Å². The van der Waals surface area contributed by atoms with Gasteiger partial charge < -0.3 is 14.8 Å². The van der Waals surface area contributed by atoms with Gasteiger partial charge in [0.15, 0.2) is 11.2 Å². The summed E-state index contributed by atoms with van der Waals surface area (Å²) in [5, 5.41) is 3.00. The van der Waals surface area contributed by atoms with Crippen molar-refractivity contribution in [3.63, 3.8) is 0 Å². The molecule has 0 atom stereocenters. The molecule has 3 rings (SSSR count). The van der Waals surface area contributed by atoms with Gasteiger partial charge in [0.25, 0.3) is 5.56 Å². The number of hydrogen-bond donors (Lipinski definition) is 2. The largest absolute Gasteiger partial charge is 0.356 e. The van der Waals surface area contributed by atoms with Gasteiger partial charge in [0.1, 0.15) is 5.82 Å². The van der Waals surface area contributed by atoms with Crippen LogP contribution in [-0.2, 0) is 30.8 Å². The van der Waals surface area contributed by atoms with Crippen molar-refractivity contribution in [3.8, 4) is 0 Å². The number of fused-ring (bicyclic) bond motifs is 1. The van der Waals surface area contributed by atoms with Gasteiger partial charge >= 0.3 is 5.69 Å². The summed E-state index contributed by atoms with van der Waals surface area (Å²) >= 11 is 0. The Morgan fingerprint density at radius 3 is 2.58 bits per heavy atom. The number of hydrogen-bond acceptors (Lipinski definition) is 5. The molecule has 1 amide bonds. The molecule has 3 aromatic rings. The quantitative estimate of drug-likeness (QED) is 0.334. The highest BCUT2D eigenvalue weighted by molar-refractivity contribution is 5.76. The van der Waals surface area contributed by atoms with Crippen LogP contribution in [0.2, 0.25) is 0 Å². The standard InChI is InChI=1S/C27H40N6O3/c1-5-6-17-32-25-24(26(35)30-27(32)36)33(18-20(2)3)22(29-25)13-14-23(34)28-15-10-16-31(4)19-21-11-8-7-9-12-21/h7-9,11-12,20H,5-6,10,13-19H2,1-4H3,(H,28,34)(H,30,35,36). The number of nitrogens with one attached hydrogen (secondary N) is 2. The number of carbonyl (C=O) groups excluding carboxylic acids is 1. The van der Waals surface area contributed by atoms with Crippen LogP contribution < -0.4 is 16.6 Å². The Kier molecular flexibility index (Phi) is 10.0. The Morgan fingerprint density at radius 1 is 1.14 bits per heavy atom. The van der Waals surface area contributed by atoms with E-state index < -0.39 is 11.2 Å². The fourth-order valence-corrected chi connectivity index (χ4v) is 4.36. The molecular formula is C27H40N6O3. The number of amides is 1. The van der Waals surface area contributed by atoms with E-state index in [0.717, 1.165) is 32.4 Å². The third-order valence-electron chi connectivity index (χ3n) is 6.16. The van der Waals surface area contributed by atoms with Gasteiger partial charge in [-0.1, -0.05) is 57.5 Å². The Bertz CT molecular complexity index is 1240. The summed E-state index contributed by atoms with van der Waals surface area (Å²) in [6.45, 7) is 9.65. The Hall–Kier alpha value is -3.20. The molecule has 2 aromatic heterocycles. The molecule has 0 spiro atoms. The third kappa shape index (κ3) is 7.40. The van der Waals surface area contributed by atoms with Gasteiger partial charge in [-0.2, -0.15) is 0 Å². The first kappa shape index (κ1) is 27.4. The SMILES string of the molecule is CCCCn1c(=O)[nH]c(=O)c2c1nc(CCC(=O)NCCCN(C)Cc1ccccc1)n2CC(C)C. The highest BCUT2D eigenvalue weighted by Gasteiger charge is 2.19.